The van der Waals surface area contributed by atoms with Crippen LogP contribution in [0.5, 0.6) is 0 Å². The summed E-state index contributed by atoms with van der Waals surface area (Å²) >= 11 is 0. The summed E-state index contributed by atoms with van der Waals surface area (Å²) in [5.41, 5.74) is 0.909. The Balaban J connectivity index is 2.75. The molecule has 0 unspecified atom stereocenters. The van der Waals surface area contributed by atoms with Crippen molar-refractivity contribution in [1.29, 1.82) is 0 Å². The fraction of sp³-hybridized carbons (Fsp3) is 0.357. The molecule has 0 saturated carbocycles. The summed E-state index contributed by atoms with van der Waals surface area (Å²) in [6.45, 7) is 8.51. The number of aromatic carboxylic acids is 1. The fourth-order valence-electron chi connectivity index (χ4n) is 2.14. The van der Waals surface area contributed by atoms with E-state index in [0.717, 1.165) is 0 Å². The van der Waals surface area contributed by atoms with Gasteiger partial charge in [-0.2, -0.15) is 0 Å². The number of hydrogen-bond acceptors (Lipinski definition) is 3. The summed E-state index contributed by atoms with van der Waals surface area (Å²) in [7, 11) is 0. The molecule has 1 N–H and O–H groups in total. The van der Waals surface area contributed by atoms with Crippen molar-refractivity contribution in [3.05, 3.63) is 41.0 Å². The molecule has 0 spiro atoms. The molecule has 0 amide bonds. The molecule has 0 aromatic carbocycles. The Kier molecular flexibility index (Phi) is 3.74. The summed E-state index contributed by atoms with van der Waals surface area (Å²) < 4.78 is 3.07. The maximum atomic E-state index is 12.4. The van der Waals surface area contributed by atoms with E-state index in [1.807, 2.05) is 13.8 Å². The molecule has 6 heteroatoms. The Labute approximate surface area is 116 Å². The van der Waals surface area contributed by atoms with Crippen molar-refractivity contribution in [1.82, 2.24) is 14.1 Å². The van der Waals surface area contributed by atoms with Crippen molar-refractivity contribution in [2.75, 3.05) is 0 Å². The Morgan fingerprint density at radius 2 is 2.20 bits per heavy atom. The lowest BCUT2D eigenvalue weighted by molar-refractivity contribution is 0.0696. The minimum atomic E-state index is -1.06. The Morgan fingerprint density at radius 1 is 1.50 bits per heavy atom. The van der Waals surface area contributed by atoms with E-state index < -0.39 is 5.97 Å². The number of pyridine rings is 1. The highest BCUT2D eigenvalue weighted by Gasteiger charge is 2.16. The zero-order chi connectivity index (χ0) is 14.9. The van der Waals surface area contributed by atoms with Gasteiger partial charge in [-0.3, -0.25) is 9.13 Å². The van der Waals surface area contributed by atoms with Crippen LogP contribution in [0.3, 0.4) is 0 Å². The molecule has 2 rings (SSSR count). The van der Waals surface area contributed by atoms with Gasteiger partial charge >= 0.3 is 11.7 Å². The number of allylic oxidation sites excluding steroid dienone is 1. The molecule has 0 aliphatic heterocycles. The van der Waals surface area contributed by atoms with Gasteiger partial charge in [-0.15, -0.1) is 6.58 Å². The predicted molar refractivity (Wildman–Crippen MR) is 76.0 cm³/mol. The van der Waals surface area contributed by atoms with Crippen LogP contribution in [0.25, 0.3) is 11.2 Å². The number of hydrogen-bond donors (Lipinski definition) is 1. The van der Waals surface area contributed by atoms with E-state index in [1.54, 1.807) is 10.6 Å². The average molecular weight is 275 g/mol. The summed E-state index contributed by atoms with van der Waals surface area (Å²) in [4.78, 5) is 27.6. The second-order valence-electron chi connectivity index (χ2n) is 5.06. The molecule has 0 saturated heterocycles. The van der Waals surface area contributed by atoms with Gasteiger partial charge in [-0.05, 0) is 12.0 Å². The van der Waals surface area contributed by atoms with Gasteiger partial charge in [-0.25, -0.2) is 14.6 Å². The van der Waals surface area contributed by atoms with Gasteiger partial charge in [0.05, 0.1) is 11.1 Å². The Morgan fingerprint density at radius 3 is 2.75 bits per heavy atom. The van der Waals surface area contributed by atoms with Crippen LogP contribution in [0.2, 0.25) is 0 Å². The normalized spacial score (nSPS) is 11.2. The van der Waals surface area contributed by atoms with Crippen LogP contribution in [-0.4, -0.2) is 25.2 Å². The lowest BCUT2D eigenvalue weighted by Crippen LogP contribution is -2.25. The molecule has 0 radical (unpaired) electrons. The summed E-state index contributed by atoms with van der Waals surface area (Å²) in [6, 6.07) is 1.48. The van der Waals surface area contributed by atoms with Gasteiger partial charge in [0.15, 0.2) is 5.65 Å². The SMILES string of the molecule is C=CCn1c(=O)n(CC(C)C)c2ncc(C(=O)O)cc21. The standard InChI is InChI=1S/C14H17N3O3/c1-4-5-16-11-6-10(13(18)19)7-15-12(11)17(14(16)20)8-9(2)3/h4,6-7,9H,1,5,8H2,2-3H3,(H,18,19). The van der Waals surface area contributed by atoms with Crippen molar-refractivity contribution in [3.8, 4) is 0 Å². The van der Waals surface area contributed by atoms with Crippen LogP contribution < -0.4 is 5.69 Å². The Bertz CT molecular complexity index is 725. The third-order valence-electron chi connectivity index (χ3n) is 2.96. The van der Waals surface area contributed by atoms with Crippen LogP contribution in [0.1, 0.15) is 24.2 Å². The average Bonchev–Trinajstić information content (AvgIpc) is 2.64. The second kappa shape index (κ2) is 5.32. The van der Waals surface area contributed by atoms with Crippen LogP contribution in [0.15, 0.2) is 29.7 Å². The number of fused-ring (bicyclic) bond motifs is 1. The number of rotatable bonds is 5. The van der Waals surface area contributed by atoms with Gasteiger partial charge in [0.2, 0.25) is 0 Å². The molecule has 0 aliphatic rings. The topological polar surface area (TPSA) is 77.1 Å². The quantitative estimate of drug-likeness (QED) is 0.843. The first-order chi connectivity index (χ1) is 9.45. The van der Waals surface area contributed by atoms with Crippen LogP contribution >= 0.6 is 0 Å². The predicted octanol–water partition coefficient (Wildman–Crippen LogP) is 1.74. The molecule has 0 aliphatic carbocycles. The summed E-state index contributed by atoms with van der Waals surface area (Å²) in [6.07, 6.45) is 2.88. The highest BCUT2D eigenvalue weighted by Crippen LogP contribution is 2.14. The monoisotopic (exact) mass is 275 g/mol. The molecule has 6 nitrogen and oxygen atoms in total. The van der Waals surface area contributed by atoms with Gasteiger partial charge in [-0.1, -0.05) is 19.9 Å². The maximum absolute atomic E-state index is 12.4. The first-order valence-electron chi connectivity index (χ1n) is 6.39. The zero-order valence-corrected chi connectivity index (χ0v) is 11.5. The van der Waals surface area contributed by atoms with E-state index in [9.17, 15) is 9.59 Å². The molecule has 2 aromatic rings. The van der Waals surface area contributed by atoms with Crippen molar-refractivity contribution in [2.24, 2.45) is 5.92 Å². The zero-order valence-electron chi connectivity index (χ0n) is 11.5. The van der Waals surface area contributed by atoms with Gasteiger partial charge in [0, 0.05) is 19.3 Å². The molecule has 0 atom stereocenters. The van der Waals surface area contributed by atoms with E-state index in [1.165, 1.54) is 16.8 Å². The van der Waals surface area contributed by atoms with Crippen molar-refractivity contribution in [3.63, 3.8) is 0 Å². The summed E-state index contributed by atoms with van der Waals surface area (Å²) in [5, 5.41) is 9.03. The van der Waals surface area contributed by atoms with Crippen LogP contribution in [0.4, 0.5) is 0 Å². The van der Waals surface area contributed by atoms with E-state index in [-0.39, 0.29) is 17.2 Å². The largest absolute Gasteiger partial charge is 0.478 e. The molecule has 2 heterocycles. The fourth-order valence-corrected chi connectivity index (χ4v) is 2.14. The minimum Gasteiger partial charge on any atom is -0.478 e. The molecule has 20 heavy (non-hydrogen) atoms. The van der Waals surface area contributed by atoms with Gasteiger partial charge in [0.1, 0.15) is 0 Å². The third kappa shape index (κ3) is 2.36. The molecular formula is C14H17N3O3. The van der Waals surface area contributed by atoms with Crippen molar-refractivity contribution < 1.29 is 9.90 Å². The van der Waals surface area contributed by atoms with E-state index in [2.05, 4.69) is 11.6 Å². The minimum absolute atomic E-state index is 0.0667. The molecule has 0 fully saturated rings. The molecule has 106 valence electrons. The number of carboxylic acid groups (broad SMARTS) is 1. The lowest BCUT2D eigenvalue weighted by atomic mass is 10.2. The molecular weight excluding hydrogens is 258 g/mol. The number of aromatic nitrogens is 3. The van der Waals surface area contributed by atoms with E-state index in [4.69, 9.17) is 5.11 Å². The molecule has 2 aromatic heterocycles. The number of nitrogens with zero attached hydrogens (tertiary/aromatic N) is 3. The molecule has 0 bridgehead atoms. The van der Waals surface area contributed by atoms with Crippen molar-refractivity contribution >= 4 is 17.1 Å². The van der Waals surface area contributed by atoms with Crippen molar-refractivity contribution in [2.45, 2.75) is 26.9 Å². The lowest BCUT2D eigenvalue weighted by Gasteiger charge is -2.05. The number of carboxylic acids is 1. The highest BCUT2D eigenvalue weighted by atomic mass is 16.4. The van der Waals surface area contributed by atoms with Gasteiger partial charge in [0.25, 0.3) is 0 Å². The smallest absolute Gasteiger partial charge is 0.337 e. The van der Waals surface area contributed by atoms with Gasteiger partial charge < -0.3 is 5.11 Å². The maximum Gasteiger partial charge on any atom is 0.337 e. The summed E-state index contributed by atoms with van der Waals surface area (Å²) in [5.74, 6) is -0.773. The Hall–Kier alpha value is -2.37. The number of imidazole rings is 1. The number of carbonyl (C=O) groups is 1. The third-order valence-corrected chi connectivity index (χ3v) is 2.96. The second-order valence-corrected chi connectivity index (χ2v) is 5.06. The van der Waals surface area contributed by atoms with Crippen LogP contribution in [-0.2, 0) is 13.1 Å². The van der Waals surface area contributed by atoms with E-state index in [0.29, 0.717) is 24.3 Å². The van der Waals surface area contributed by atoms with E-state index >= 15 is 0 Å². The van der Waals surface area contributed by atoms with Crippen LogP contribution in [0, 0.1) is 5.92 Å². The first-order valence-corrected chi connectivity index (χ1v) is 6.39. The first kappa shape index (κ1) is 14.0. The highest BCUT2D eigenvalue weighted by molar-refractivity contribution is 5.90.